The Morgan fingerprint density at radius 2 is 2.00 bits per heavy atom. The molecule has 0 aliphatic heterocycles. The quantitative estimate of drug-likeness (QED) is 0.848. The molecule has 2 N–H and O–H groups in total. The zero-order valence-electron chi connectivity index (χ0n) is 10.5. The van der Waals surface area contributed by atoms with Crippen molar-refractivity contribution in [2.24, 2.45) is 0 Å². The average molecular weight is 341 g/mol. The molecular weight excluding hydrogens is 326 g/mol. The fourth-order valence-electron chi connectivity index (χ4n) is 1.87. The Labute approximate surface area is 126 Å². The van der Waals surface area contributed by atoms with Crippen molar-refractivity contribution in [2.45, 2.75) is 19.5 Å². The maximum atomic E-state index is 9.38. The maximum absolute atomic E-state index is 9.38. The van der Waals surface area contributed by atoms with Gasteiger partial charge in [-0.2, -0.15) is 0 Å². The molecule has 19 heavy (non-hydrogen) atoms. The summed E-state index contributed by atoms with van der Waals surface area (Å²) >= 11 is 9.44. The zero-order chi connectivity index (χ0) is 13.8. The molecule has 0 heterocycles. The van der Waals surface area contributed by atoms with Crippen LogP contribution < -0.4 is 5.32 Å². The fourth-order valence-corrected chi connectivity index (χ4v) is 2.70. The first-order valence-corrected chi connectivity index (χ1v) is 7.20. The highest BCUT2D eigenvalue weighted by atomic mass is 79.9. The van der Waals surface area contributed by atoms with E-state index >= 15 is 0 Å². The summed E-state index contributed by atoms with van der Waals surface area (Å²) in [6.07, 6.45) is 0. The van der Waals surface area contributed by atoms with Gasteiger partial charge in [0.1, 0.15) is 5.75 Å². The van der Waals surface area contributed by atoms with Gasteiger partial charge < -0.3 is 10.4 Å². The molecule has 100 valence electrons. The first kappa shape index (κ1) is 14.4. The number of benzene rings is 2. The highest BCUT2D eigenvalue weighted by Crippen LogP contribution is 2.25. The van der Waals surface area contributed by atoms with Crippen LogP contribution in [0.5, 0.6) is 5.75 Å². The summed E-state index contributed by atoms with van der Waals surface area (Å²) in [6, 6.07) is 13.6. The van der Waals surface area contributed by atoms with Crippen molar-refractivity contribution < 1.29 is 5.11 Å². The van der Waals surface area contributed by atoms with Crippen molar-refractivity contribution >= 4 is 27.5 Å². The van der Waals surface area contributed by atoms with Crippen LogP contribution >= 0.6 is 27.5 Å². The largest absolute Gasteiger partial charge is 0.506 e. The number of halogens is 2. The van der Waals surface area contributed by atoms with Crippen LogP contribution in [-0.4, -0.2) is 5.11 Å². The molecule has 4 heteroatoms. The van der Waals surface area contributed by atoms with E-state index in [0.29, 0.717) is 11.6 Å². The fraction of sp³-hybridized carbons (Fsp3) is 0.200. The molecule has 0 amide bonds. The molecule has 0 aliphatic rings. The maximum Gasteiger partial charge on any atom is 0.134 e. The van der Waals surface area contributed by atoms with Crippen molar-refractivity contribution in [2.75, 3.05) is 0 Å². The van der Waals surface area contributed by atoms with Crippen LogP contribution in [0.1, 0.15) is 24.1 Å². The van der Waals surface area contributed by atoms with Gasteiger partial charge in [0, 0.05) is 17.1 Å². The molecule has 0 fully saturated rings. The number of phenolic OH excluding ortho intramolecular Hbond substituents is 1. The van der Waals surface area contributed by atoms with Crippen LogP contribution in [0.3, 0.4) is 0 Å². The van der Waals surface area contributed by atoms with E-state index < -0.39 is 0 Å². The van der Waals surface area contributed by atoms with Gasteiger partial charge in [-0.3, -0.25) is 0 Å². The molecule has 0 saturated heterocycles. The third-order valence-electron chi connectivity index (χ3n) is 3.00. The zero-order valence-corrected chi connectivity index (χ0v) is 12.9. The van der Waals surface area contributed by atoms with Crippen molar-refractivity contribution in [1.82, 2.24) is 5.32 Å². The van der Waals surface area contributed by atoms with Gasteiger partial charge in [0.2, 0.25) is 0 Å². The van der Waals surface area contributed by atoms with E-state index in [1.807, 2.05) is 24.3 Å². The van der Waals surface area contributed by atoms with Crippen LogP contribution in [-0.2, 0) is 6.54 Å². The van der Waals surface area contributed by atoms with Crippen molar-refractivity contribution in [1.29, 1.82) is 0 Å². The third-order valence-corrected chi connectivity index (χ3v) is 4.02. The van der Waals surface area contributed by atoms with E-state index in [4.69, 9.17) is 11.6 Å². The van der Waals surface area contributed by atoms with Crippen LogP contribution in [0.15, 0.2) is 46.9 Å². The summed E-state index contributed by atoms with van der Waals surface area (Å²) in [7, 11) is 0. The Morgan fingerprint density at radius 3 is 2.68 bits per heavy atom. The molecule has 0 radical (unpaired) electrons. The van der Waals surface area contributed by atoms with Crippen LogP contribution in [0.25, 0.3) is 0 Å². The summed E-state index contributed by atoms with van der Waals surface area (Å²) in [5, 5.41) is 13.2. The van der Waals surface area contributed by atoms with E-state index in [1.54, 1.807) is 12.1 Å². The molecule has 1 atom stereocenters. The second-order valence-electron chi connectivity index (χ2n) is 4.41. The Bertz CT molecular complexity index is 574. The smallest absolute Gasteiger partial charge is 0.134 e. The molecule has 0 aromatic heterocycles. The Hall–Kier alpha value is -1.03. The molecule has 0 spiro atoms. The van der Waals surface area contributed by atoms with E-state index in [0.717, 1.165) is 10.0 Å². The van der Waals surface area contributed by atoms with Gasteiger partial charge in [-0.25, -0.2) is 0 Å². The van der Waals surface area contributed by atoms with Gasteiger partial charge >= 0.3 is 0 Å². The summed E-state index contributed by atoms with van der Waals surface area (Å²) in [4.78, 5) is 0. The summed E-state index contributed by atoms with van der Waals surface area (Å²) in [6.45, 7) is 2.81. The first-order chi connectivity index (χ1) is 9.08. The molecule has 0 saturated carbocycles. The summed E-state index contributed by atoms with van der Waals surface area (Å²) in [5.41, 5.74) is 2.26. The summed E-state index contributed by atoms with van der Waals surface area (Å²) < 4.78 is 1.10. The van der Waals surface area contributed by atoms with E-state index in [9.17, 15) is 5.11 Å². The molecule has 0 unspecified atom stereocenters. The lowest BCUT2D eigenvalue weighted by Gasteiger charge is -2.16. The van der Waals surface area contributed by atoms with E-state index in [-0.39, 0.29) is 11.8 Å². The Morgan fingerprint density at radius 1 is 1.26 bits per heavy atom. The number of phenols is 1. The lowest BCUT2D eigenvalue weighted by molar-refractivity contribution is 0.475. The minimum Gasteiger partial charge on any atom is -0.506 e. The van der Waals surface area contributed by atoms with Crippen molar-refractivity contribution in [3.63, 3.8) is 0 Å². The highest BCUT2D eigenvalue weighted by molar-refractivity contribution is 9.10. The Kier molecular flexibility index (Phi) is 4.86. The highest BCUT2D eigenvalue weighted by Gasteiger charge is 2.08. The van der Waals surface area contributed by atoms with Crippen molar-refractivity contribution in [3.8, 4) is 5.75 Å². The molecule has 2 rings (SSSR count). The van der Waals surface area contributed by atoms with E-state index in [1.165, 1.54) is 5.56 Å². The van der Waals surface area contributed by atoms with Crippen LogP contribution in [0.2, 0.25) is 5.02 Å². The minimum absolute atomic E-state index is 0.115. The standard InChI is InChI=1S/C15H15BrClNO/c1-10(12-4-2-3-5-13(12)16)18-9-11-6-7-15(19)14(17)8-11/h2-8,10,18-19H,9H2,1H3/t10-/m1/s1. The topological polar surface area (TPSA) is 32.3 Å². The van der Waals surface area contributed by atoms with Gasteiger partial charge in [0.15, 0.2) is 0 Å². The molecule has 2 aromatic rings. The molecular formula is C15H15BrClNO. The molecule has 2 aromatic carbocycles. The van der Waals surface area contributed by atoms with Gasteiger partial charge in [0.25, 0.3) is 0 Å². The van der Waals surface area contributed by atoms with Crippen LogP contribution in [0, 0.1) is 0 Å². The SMILES string of the molecule is C[C@@H](NCc1ccc(O)c(Cl)c1)c1ccccc1Br. The predicted molar refractivity (Wildman–Crippen MR) is 82.5 cm³/mol. The number of nitrogens with one attached hydrogen (secondary N) is 1. The number of hydrogen-bond donors (Lipinski definition) is 2. The number of hydrogen-bond acceptors (Lipinski definition) is 2. The molecule has 0 aliphatic carbocycles. The Balaban J connectivity index is 2.02. The lowest BCUT2D eigenvalue weighted by Crippen LogP contribution is -2.18. The predicted octanol–water partition coefficient (Wildman–Crippen LogP) is 4.66. The van der Waals surface area contributed by atoms with Gasteiger partial charge in [0.05, 0.1) is 5.02 Å². The molecule has 0 bridgehead atoms. The third kappa shape index (κ3) is 3.72. The van der Waals surface area contributed by atoms with Crippen molar-refractivity contribution in [3.05, 3.63) is 63.1 Å². The summed E-state index contributed by atoms with van der Waals surface area (Å²) in [5.74, 6) is 0.115. The van der Waals surface area contributed by atoms with Gasteiger partial charge in [-0.15, -0.1) is 0 Å². The van der Waals surface area contributed by atoms with Crippen LogP contribution in [0.4, 0.5) is 0 Å². The molecule has 2 nitrogen and oxygen atoms in total. The first-order valence-electron chi connectivity index (χ1n) is 6.03. The van der Waals surface area contributed by atoms with E-state index in [2.05, 4.69) is 34.2 Å². The normalized spacial score (nSPS) is 12.4. The number of aromatic hydroxyl groups is 1. The van der Waals surface area contributed by atoms with Gasteiger partial charge in [-0.05, 0) is 36.2 Å². The monoisotopic (exact) mass is 339 g/mol. The average Bonchev–Trinajstić information content (AvgIpc) is 2.40. The minimum atomic E-state index is 0.115. The van der Waals surface area contributed by atoms with Gasteiger partial charge in [-0.1, -0.05) is 51.8 Å². The second kappa shape index (κ2) is 6.42. The number of rotatable bonds is 4. The lowest BCUT2D eigenvalue weighted by atomic mass is 10.1. The second-order valence-corrected chi connectivity index (χ2v) is 5.67.